The topological polar surface area (TPSA) is 308 Å². The van der Waals surface area contributed by atoms with Crippen molar-refractivity contribution in [3.05, 3.63) is 328 Å². The molecule has 0 fully saturated rings. The number of aryl methyl sites for hydroxylation is 11. The van der Waals surface area contributed by atoms with Crippen LogP contribution < -0.4 is 14.8 Å². The van der Waals surface area contributed by atoms with Gasteiger partial charge >= 0.3 is 11.9 Å². The number of aromatic nitrogens is 14. The quantitative estimate of drug-likeness (QED) is 0.0250. The van der Waals surface area contributed by atoms with Crippen LogP contribution in [-0.2, 0) is 35.8 Å². The van der Waals surface area contributed by atoms with Crippen molar-refractivity contribution >= 4 is 23.6 Å². The number of hydrogen-bond acceptors (Lipinski definition) is 17. The van der Waals surface area contributed by atoms with Gasteiger partial charge in [0.05, 0.1) is 50.5 Å². The number of carbonyl (C=O) groups excluding carboxylic acids is 2. The van der Waals surface area contributed by atoms with Crippen LogP contribution in [0.4, 0.5) is 0 Å². The molecule has 1 amide bonds. The average molecular weight is 1680 g/mol. The summed E-state index contributed by atoms with van der Waals surface area (Å²) in [4.78, 5) is 87.2. The van der Waals surface area contributed by atoms with Gasteiger partial charge in [-0.25, -0.2) is 24.7 Å². The van der Waals surface area contributed by atoms with Crippen molar-refractivity contribution in [1.82, 2.24) is 73.4 Å². The van der Waals surface area contributed by atoms with Gasteiger partial charge in [0, 0.05) is 177 Å². The van der Waals surface area contributed by atoms with Crippen LogP contribution in [0.3, 0.4) is 0 Å². The third-order valence-electron chi connectivity index (χ3n) is 20.5. The minimum absolute atomic E-state index is 0.153. The number of aromatic carboxylic acids is 1. The maximum absolute atomic E-state index is 11.3. The normalized spacial score (nSPS) is 11.0. The Morgan fingerprint density at radius 1 is 0.392 bits per heavy atom. The summed E-state index contributed by atoms with van der Waals surface area (Å²) >= 11 is 0. The first-order chi connectivity index (χ1) is 60.1. The Hall–Kier alpha value is -14.3. The fourth-order valence-electron chi connectivity index (χ4n) is 13.3. The summed E-state index contributed by atoms with van der Waals surface area (Å²) in [5, 5.41) is 29.8. The number of hydrogen-bond donors (Lipinski definition) is 4. The molecule has 24 heteroatoms. The number of ketones is 1. The molecule has 2 atom stereocenters. The van der Waals surface area contributed by atoms with Gasteiger partial charge in [-0.15, -0.1) is 6.42 Å². The number of amides is 1. The lowest BCUT2D eigenvalue weighted by Gasteiger charge is -2.15. The molecule has 0 saturated carbocycles. The first kappa shape index (κ1) is 94.5. The van der Waals surface area contributed by atoms with Crippen LogP contribution in [0.2, 0.25) is 0 Å². The molecular formula is C101H113N15O9. The number of terminal acetylenes is 1. The zero-order chi connectivity index (χ0) is 89.9. The van der Waals surface area contributed by atoms with Crippen molar-refractivity contribution in [2.75, 3.05) is 19.8 Å². The molecule has 0 radical (unpaired) electrons. The highest BCUT2D eigenvalue weighted by molar-refractivity contribution is 5.94. The van der Waals surface area contributed by atoms with Gasteiger partial charge in [-0.3, -0.25) is 39.5 Å². The highest BCUT2D eigenvalue weighted by Gasteiger charge is 2.19. The summed E-state index contributed by atoms with van der Waals surface area (Å²) in [5.74, 6) is 6.96. The number of nitrogens with zero attached hydrogens (tertiary/aromatic N) is 14. The molecule has 125 heavy (non-hydrogen) atoms. The molecular weight excluding hydrogens is 1570 g/mol. The van der Waals surface area contributed by atoms with Gasteiger partial charge in [0.15, 0.2) is 0 Å². The number of phenolic OH excluding ortho intramolecular Hbond substituents is 1. The number of Topliss-reactive ketones (excluding diaryl/α,β-unsaturated/α-hetero) is 1. The summed E-state index contributed by atoms with van der Waals surface area (Å²) in [6, 6.07) is 55.0. The standard InChI is InChI=1S/C25H31N3O2.C24H29N3O3.C18H19N3.C17H17N3O.C10H10N2O.C7H7NO2/c1-18(14-21(4)29)8-7-13-30-24-10-6-5-9-23(24)17-28-20(3)15-27-25(28)22-12-11-19(2)26-16-22;1-17(13-23(28)29)7-6-12-30-22-9-5-4-8-21(22)16-27-19(3)14-26-24(27)20-11-10-18(2)25-15-20;1-13-6-4-5-7-17(13)12-21-15(3)10-20-18(21)16-9-8-14(2)19-11-16;1-12-7-8-14(10-18-12)17-19-9-13(2)20(17)11-15-5-3-4-6-16(15)21;1-3-6-11-10(13)9-5-4-8(2)12-7-9;1-5-2-3-6(4-8-5)7(9)10/h5-6,9-12,15-16,18H,7-8,13-14,17H2,1-4H3;4-5,8-11,14-15,17H,6-7,12-13,16H2,1-3H3,(H,28,29);4-11H,12H2,1-3H3;3-10,21H,11H2,1-2H3;1,4-5,7H,6H2,2H3,(H,11,13);2-4H,1H3,(H,9,10)/t18-;17-;;;;/m00..../s1. The third-order valence-corrected chi connectivity index (χ3v) is 20.5. The molecule has 10 heterocycles. The number of aliphatic carboxylic acids is 1. The van der Waals surface area contributed by atoms with Crippen LogP contribution in [0, 0.1) is 100 Å². The molecule has 24 nitrogen and oxygen atoms in total. The van der Waals surface area contributed by atoms with Gasteiger partial charge < -0.3 is 53.2 Å². The van der Waals surface area contributed by atoms with E-state index in [-0.39, 0.29) is 36.1 Å². The largest absolute Gasteiger partial charge is 0.508 e. The molecule has 0 bridgehead atoms. The van der Waals surface area contributed by atoms with Crippen LogP contribution in [0.25, 0.3) is 45.6 Å². The predicted octanol–water partition coefficient (Wildman–Crippen LogP) is 19.3. The zero-order valence-electron chi connectivity index (χ0n) is 73.9. The Balaban J connectivity index is 0.000000175. The van der Waals surface area contributed by atoms with E-state index in [1.165, 1.54) is 29.6 Å². The minimum Gasteiger partial charge on any atom is -0.508 e. The molecule has 10 aromatic heterocycles. The Labute approximate surface area is 733 Å². The fraction of sp³-hybridized carbons (Fsp3) is 0.287. The molecule has 4 N–H and O–H groups in total. The van der Waals surface area contributed by atoms with Crippen molar-refractivity contribution in [3.63, 3.8) is 0 Å². The Morgan fingerprint density at radius 3 is 1.06 bits per heavy atom. The summed E-state index contributed by atoms with van der Waals surface area (Å²) in [6.07, 6.45) is 27.3. The van der Waals surface area contributed by atoms with Crippen molar-refractivity contribution < 1.29 is 44.0 Å². The van der Waals surface area contributed by atoms with Crippen LogP contribution >= 0.6 is 0 Å². The van der Waals surface area contributed by atoms with E-state index in [0.717, 1.165) is 163 Å². The van der Waals surface area contributed by atoms with Crippen LogP contribution in [0.5, 0.6) is 17.2 Å². The number of nitrogens with one attached hydrogen (secondary N) is 1. The summed E-state index contributed by atoms with van der Waals surface area (Å²) < 4.78 is 20.9. The highest BCUT2D eigenvalue weighted by Crippen LogP contribution is 2.30. The maximum atomic E-state index is 11.3. The molecule has 0 aliphatic carbocycles. The summed E-state index contributed by atoms with van der Waals surface area (Å²) in [6.45, 7) is 31.9. The van der Waals surface area contributed by atoms with E-state index >= 15 is 0 Å². The molecule has 0 spiro atoms. The summed E-state index contributed by atoms with van der Waals surface area (Å²) in [5.41, 5.74) is 20.5. The van der Waals surface area contributed by atoms with Crippen molar-refractivity contribution in [3.8, 4) is 75.1 Å². The van der Waals surface area contributed by atoms with Gasteiger partial charge in [0.1, 0.15) is 46.3 Å². The Kier molecular flexibility index (Phi) is 36.1. The molecule has 646 valence electrons. The minimum atomic E-state index is -0.937. The van der Waals surface area contributed by atoms with E-state index < -0.39 is 11.9 Å². The van der Waals surface area contributed by atoms with Crippen molar-refractivity contribution in [2.45, 2.75) is 162 Å². The van der Waals surface area contributed by atoms with Gasteiger partial charge in [0.25, 0.3) is 5.91 Å². The molecule has 0 aliphatic heterocycles. The number of para-hydroxylation sites is 3. The van der Waals surface area contributed by atoms with E-state index in [1.54, 1.807) is 31.2 Å². The fourth-order valence-corrected chi connectivity index (χ4v) is 13.3. The predicted molar refractivity (Wildman–Crippen MR) is 490 cm³/mol. The molecule has 0 unspecified atom stereocenters. The van der Waals surface area contributed by atoms with Crippen molar-refractivity contribution in [1.29, 1.82) is 0 Å². The molecule has 0 saturated heterocycles. The first-order valence-electron chi connectivity index (χ1n) is 41.7. The first-order valence-corrected chi connectivity index (χ1v) is 41.7. The van der Waals surface area contributed by atoms with E-state index in [1.807, 2.05) is 203 Å². The Morgan fingerprint density at radius 2 is 0.720 bits per heavy atom. The number of carboxylic acid groups (broad SMARTS) is 2. The van der Waals surface area contributed by atoms with Gasteiger partial charge in [-0.05, 0) is 223 Å². The molecule has 14 aromatic rings. The monoisotopic (exact) mass is 1680 g/mol. The lowest BCUT2D eigenvalue weighted by Crippen LogP contribution is -2.23. The number of pyridine rings is 6. The van der Waals surface area contributed by atoms with E-state index in [2.05, 4.69) is 156 Å². The van der Waals surface area contributed by atoms with E-state index in [9.17, 15) is 24.3 Å². The maximum Gasteiger partial charge on any atom is 0.337 e. The molecule has 0 aliphatic rings. The number of carbonyl (C=O) groups is 4. The van der Waals surface area contributed by atoms with Crippen LogP contribution in [-0.4, -0.2) is 127 Å². The second-order valence-corrected chi connectivity index (χ2v) is 31.0. The third kappa shape index (κ3) is 29.5. The van der Waals surface area contributed by atoms with Crippen LogP contribution in [0.1, 0.15) is 165 Å². The SMILES string of the molecule is C#CCNC(=O)c1ccc(C)nc1.CC(=O)C[C@@H](C)CCCOc1ccccc1Cn1c(C)cnc1-c1ccc(C)nc1.Cc1ccc(-c2ncc(C)n2Cc2ccccc2C)cn1.Cc1ccc(-c2ncc(C)n2Cc2ccccc2O)cn1.Cc1ccc(-c2ncc(C)n2Cc2ccccc2OCCC[C@H](C)CC(=O)O)cn1.Cc1ccc(C(=O)O)cn1. The number of phenols is 1. The summed E-state index contributed by atoms with van der Waals surface area (Å²) in [7, 11) is 0. The number of ether oxygens (including phenoxy) is 2. The number of carboxylic acids is 2. The number of aromatic hydroxyl groups is 1. The van der Waals surface area contributed by atoms with E-state index in [4.69, 9.17) is 26.1 Å². The molecule has 14 rings (SSSR count). The van der Waals surface area contributed by atoms with Crippen molar-refractivity contribution in [2.24, 2.45) is 11.8 Å². The van der Waals surface area contributed by atoms with Gasteiger partial charge in [0.2, 0.25) is 0 Å². The number of benzene rings is 4. The highest BCUT2D eigenvalue weighted by atomic mass is 16.5. The van der Waals surface area contributed by atoms with E-state index in [0.29, 0.717) is 56.5 Å². The lowest BCUT2D eigenvalue weighted by molar-refractivity contribution is -0.138. The second-order valence-electron chi connectivity index (χ2n) is 31.0. The van der Waals surface area contributed by atoms with Gasteiger partial charge in [-0.2, -0.15) is 0 Å². The number of imidazole rings is 4. The van der Waals surface area contributed by atoms with Gasteiger partial charge in [-0.1, -0.05) is 98.6 Å². The number of rotatable bonds is 29. The average Bonchev–Trinajstić information content (AvgIpc) is 1.64. The zero-order valence-corrected chi connectivity index (χ0v) is 73.9. The lowest BCUT2D eigenvalue weighted by atomic mass is 10.00. The Bertz CT molecular complexity index is 5540. The smallest absolute Gasteiger partial charge is 0.337 e. The second kappa shape index (κ2) is 47.8. The molecule has 4 aromatic carbocycles. The van der Waals surface area contributed by atoms with Crippen LogP contribution in [0.15, 0.2) is 232 Å².